The first-order valence-electron chi connectivity index (χ1n) is 6.00. The van der Waals surface area contributed by atoms with E-state index in [1.165, 1.54) is 6.07 Å². The van der Waals surface area contributed by atoms with Crippen LogP contribution in [0.4, 0.5) is 11.4 Å². The number of aromatic carboxylic acids is 1. The Bertz CT molecular complexity index is 394. The van der Waals surface area contributed by atoms with Gasteiger partial charge in [-0.1, -0.05) is 0 Å². The Morgan fingerprint density at radius 2 is 2.17 bits per heavy atom. The van der Waals surface area contributed by atoms with Crippen LogP contribution in [0.15, 0.2) is 18.2 Å². The number of carboxylic acids is 1. The Hall–Kier alpha value is -1.75. The van der Waals surface area contributed by atoms with Gasteiger partial charge in [0.05, 0.1) is 16.9 Å². The number of benzene rings is 1. The number of hydrogen-bond acceptors (Lipinski definition) is 4. The number of anilines is 2. The molecule has 0 heterocycles. The van der Waals surface area contributed by atoms with Crippen LogP contribution in [0.5, 0.6) is 0 Å². The predicted molar refractivity (Wildman–Crippen MR) is 72.0 cm³/mol. The lowest BCUT2D eigenvalue weighted by atomic mass is 10.1. The molecule has 1 aromatic carbocycles. The molecule has 0 radical (unpaired) electrons. The molecule has 4 N–H and O–H groups in total. The number of unbranched alkanes of at least 4 members (excludes halogenated alkanes) is 2. The van der Waals surface area contributed by atoms with Gasteiger partial charge in [0.2, 0.25) is 0 Å². The number of carbonyl (C=O) groups is 1. The number of nitrogen functional groups attached to an aromatic ring is 1. The lowest BCUT2D eigenvalue weighted by Crippen LogP contribution is -2.06. The minimum Gasteiger partial charge on any atom is -0.478 e. The molecule has 0 saturated carbocycles. The summed E-state index contributed by atoms with van der Waals surface area (Å²) in [6.45, 7) is 1.61. The molecule has 5 nitrogen and oxygen atoms in total. The van der Waals surface area contributed by atoms with Crippen LogP contribution in [0, 0.1) is 0 Å². The van der Waals surface area contributed by atoms with Crippen molar-refractivity contribution in [3.05, 3.63) is 23.8 Å². The fraction of sp³-hybridized carbons (Fsp3) is 0.462. The van der Waals surface area contributed by atoms with Gasteiger partial charge in [-0.3, -0.25) is 0 Å². The maximum absolute atomic E-state index is 10.7. The summed E-state index contributed by atoms with van der Waals surface area (Å²) in [6, 6.07) is 4.72. The highest BCUT2D eigenvalue weighted by molar-refractivity contribution is 5.90. The van der Waals surface area contributed by atoms with E-state index in [9.17, 15) is 4.79 Å². The highest BCUT2D eigenvalue weighted by atomic mass is 16.5. The molecule has 0 atom stereocenters. The van der Waals surface area contributed by atoms with Crippen LogP contribution in [0.3, 0.4) is 0 Å². The molecule has 0 spiro atoms. The molecule has 0 aliphatic heterocycles. The monoisotopic (exact) mass is 252 g/mol. The molecule has 0 fully saturated rings. The second kappa shape index (κ2) is 7.55. The van der Waals surface area contributed by atoms with E-state index in [4.69, 9.17) is 15.6 Å². The van der Waals surface area contributed by atoms with Gasteiger partial charge in [-0.15, -0.1) is 0 Å². The van der Waals surface area contributed by atoms with E-state index >= 15 is 0 Å². The molecule has 0 unspecified atom stereocenters. The average molecular weight is 252 g/mol. The summed E-state index contributed by atoms with van der Waals surface area (Å²) in [5.74, 6) is -0.965. The molecule has 0 amide bonds. The Labute approximate surface area is 107 Å². The van der Waals surface area contributed by atoms with Crippen molar-refractivity contribution in [2.24, 2.45) is 0 Å². The van der Waals surface area contributed by atoms with Crippen LogP contribution in [-0.4, -0.2) is 31.3 Å². The summed E-state index contributed by atoms with van der Waals surface area (Å²) in [5, 5.41) is 12.0. The van der Waals surface area contributed by atoms with Crippen LogP contribution in [-0.2, 0) is 4.74 Å². The molecule has 1 rings (SSSR count). The van der Waals surface area contributed by atoms with Gasteiger partial charge in [-0.2, -0.15) is 0 Å². The van der Waals surface area contributed by atoms with E-state index in [0.29, 0.717) is 5.69 Å². The van der Waals surface area contributed by atoms with Gasteiger partial charge < -0.3 is 20.9 Å². The molecule has 1 aromatic rings. The SMILES string of the molecule is COCCCCCNc1ccc(C(=O)O)cc1N. The predicted octanol–water partition coefficient (Wildman–Crippen LogP) is 2.20. The normalized spacial score (nSPS) is 10.3. The van der Waals surface area contributed by atoms with Crippen molar-refractivity contribution in [2.45, 2.75) is 19.3 Å². The summed E-state index contributed by atoms with van der Waals surface area (Å²) >= 11 is 0. The van der Waals surface area contributed by atoms with Gasteiger partial charge in [0.15, 0.2) is 0 Å². The summed E-state index contributed by atoms with van der Waals surface area (Å²) < 4.78 is 4.97. The van der Waals surface area contributed by atoms with E-state index in [1.807, 2.05) is 0 Å². The highest BCUT2D eigenvalue weighted by Gasteiger charge is 2.05. The Balaban J connectivity index is 2.36. The number of ether oxygens (including phenoxy) is 1. The first-order valence-corrected chi connectivity index (χ1v) is 6.00. The molecular weight excluding hydrogens is 232 g/mol. The van der Waals surface area contributed by atoms with Gasteiger partial charge in [0.25, 0.3) is 0 Å². The molecule has 18 heavy (non-hydrogen) atoms. The highest BCUT2D eigenvalue weighted by Crippen LogP contribution is 2.19. The van der Waals surface area contributed by atoms with Crippen molar-refractivity contribution < 1.29 is 14.6 Å². The van der Waals surface area contributed by atoms with E-state index in [-0.39, 0.29) is 5.56 Å². The molecule has 0 aliphatic rings. The fourth-order valence-electron chi connectivity index (χ4n) is 1.63. The number of nitrogens with two attached hydrogens (primary N) is 1. The third-order valence-electron chi connectivity index (χ3n) is 2.64. The van der Waals surface area contributed by atoms with Crippen LogP contribution in [0.25, 0.3) is 0 Å². The lowest BCUT2D eigenvalue weighted by Gasteiger charge is -2.09. The van der Waals surface area contributed by atoms with Crippen LogP contribution >= 0.6 is 0 Å². The molecule has 0 saturated heterocycles. The zero-order chi connectivity index (χ0) is 13.4. The number of rotatable bonds is 8. The summed E-state index contributed by atoms with van der Waals surface area (Å²) in [6.07, 6.45) is 3.17. The lowest BCUT2D eigenvalue weighted by molar-refractivity contribution is 0.0697. The molecule has 100 valence electrons. The Morgan fingerprint density at radius 3 is 2.78 bits per heavy atom. The standard InChI is InChI=1S/C13H20N2O3/c1-18-8-4-2-3-7-15-12-6-5-10(13(16)17)9-11(12)14/h5-6,9,15H,2-4,7-8,14H2,1H3,(H,16,17). The maximum Gasteiger partial charge on any atom is 0.335 e. The van der Waals surface area contributed by atoms with Crippen LogP contribution in [0.2, 0.25) is 0 Å². The third-order valence-corrected chi connectivity index (χ3v) is 2.64. The van der Waals surface area contributed by atoms with Gasteiger partial charge in [0.1, 0.15) is 0 Å². The zero-order valence-electron chi connectivity index (χ0n) is 10.6. The van der Waals surface area contributed by atoms with Gasteiger partial charge in [-0.05, 0) is 37.5 Å². The molecule has 0 aromatic heterocycles. The van der Waals surface area contributed by atoms with Crippen molar-refractivity contribution in [3.8, 4) is 0 Å². The second-order valence-corrected chi connectivity index (χ2v) is 4.09. The molecule has 5 heteroatoms. The maximum atomic E-state index is 10.7. The van der Waals surface area contributed by atoms with E-state index < -0.39 is 5.97 Å². The fourth-order valence-corrected chi connectivity index (χ4v) is 1.63. The molecular formula is C13H20N2O3. The van der Waals surface area contributed by atoms with E-state index in [0.717, 1.165) is 38.1 Å². The number of methoxy groups -OCH3 is 1. The quantitative estimate of drug-likeness (QED) is 0.488. The zero-order valence-corrected chi connectivity index (χ0v) is 10.6. The topological polar surface area (TPSA) is 84.6 Å². The average Bonchev–Trinajstić information content (AvgIpc) is 2.35. The molecule has 0 aliphatic carbocycles. The first-order chi connectivity index (χ1) is 8.65. The largest absolute Gasteiger partial charge is 0.478 e. The van der Waals surface area contributed by atoms with Crippen LogP contribution < -0.4 is 11.1 Å². The van der Waals surface area contributed by atoms with Gasteiger partial charge in [-0.25, -0.2) is 4.79 Å². The van der Waals surface area contributed by atoms with Crippen molar-refractivity contribution in [2.75, 3.05) is 31.3 Å². The Morgan fingerprint density at radius 1 is 1.39 bits per heavy atom. The minimum atomic E-state index is -0.965. The van der Waals surface area contributed by atoms with Crippen LogP contribution in [0.1, 0.15) is 29.6 Å². The van der Waals surface area contributed by atoms with Crippen molar-refractivity contribution in [1.29, 1.82) is 0 Å². The molecule has 0 bridgehead atoms. The van der Waals surface area contributed by atoms with E-state index in [1.54, 1.807) is 19.2 Å². The number of hydrogen-bond donors (Lipinski definition) is 3. The summed E-state index contributed by atoms with van der Waals surface area (Å²) in [7, 11) is 1.70. The van der Waals surface area contributed by atoms with Gasteiger partial charge in [0, 0.05) is 20.3 Å². The summed E-state index contributed by atoms with van der Waals surface area (Å²) in [4.78, 5) is 10.7. The second-order valence-electron chi connectivity index (χ2n) is 4.09. The first kappa shape index (κ1) is 14.3. The van der Waals surface area contributed by atoms with Crippen molar-refractivity contribution >= 4 is 17.3 Å². The van der Waals surface area contributed by atoms with Gasteiger partial charge >= 0.3 is 5.97 Å². The minimum absolute atomic E-state index is 0.207. The number of carboxylic acid groups (broad SMARTS) is 1. The summed E-state index contributed by atoms with van der Waals surface area (Å²) in [5.41, 5.74) is 7.23. The van der Waals surface area contributed by atoms with Crippen molar-refractivity contribution in [3.63, 3.8) is 0 Å². The number of nitrogens with one attached hydrogen (secondary N) is 1. The van der Waals surface area contributed by atoms with Crippen molar-refractivity contribution in [1.82, 2.24) is 0 Å². The third kappa shape index (κ3) is 4.63. The smallest absolute Gasteiger partial charge is 0.335 e. The Kier molecular flexibility index (Phi) is 6.00. The van der Waals surface area contributed by atoms with E-state index in [2.05, 4.69) is 5.32 Å².